The molecule has 0 aliphatic carbocycles. The molecule has 5 heteroatoms. The van der Waals surface area contributed by atoms with E-state index in [1.807, 2.05) is 20.8 Å². The van der Waals surface area contributed by atoms with Crippen LogP contribution in [0.3, 0.4) is 0 Å². The molecule has 1 aliphatic heterocycles. The topological polar surface area (TPSA) is 62.4 Å². The van der Waals surface area contributed by atoms with Gasteiger partial charge >= 0.3 is 6.09 Å². The van der Waals surface area contributed by atoms with E-state index in [4.69, 9.17) is 4.74 Å². The molecule has 16 heavy (non-hydrogen) atoms. The van der Waals surface area contributed by atoms with Gasteiger partial charge in [-0.25, -0.2) is 4.79 Å². The van der Waals surface area contributed by atoms with Gasteiger partial charge in [-0.3, -0.25) is 0 Å². The van der Waals surface area contributed by atoms with Crippen LogP contribution in [0.2, 0.25) is 0 Å². The van der Waals surface area contributed by atoms with E-state index in [1.165, 1.54) is 0 Å². The van der Waals surface area contributed by atoms with Crippen LogP contribution in [0.5, 0.6) is 0 Å². The van der Waals surface area contributed by atoms with E-state index in [0.29, 0.717) is 12.6 Å². The molecule has 0 aromatic carbocycles. The molecule has 0 saturated carbocycles. The Bertz CT molecular complexity index is 234. The van der Waals surface area contributed by atoms with Crippen LogP contribution in [0, 0.1) is 0 Å². The highest BCUT2D eigenvalue weighted by Gasteiger charge is 2.20. The standard InChI is InChI=1S/C11H23N3O2/c1-8(14-9-6-12-7-9)5-13-10(15)16-11(2,3)4/h8-9,12,14H,5-7H2,1-4H3,(H,13,15). The SMILES string of the molecule is CC(CNC(=O)OC(C)(C)C)NC1CNC1. The number of carbonyl (C=O) groups is 1. The third-order valence-electron chi connectivity index (χ3n) is 2.25. The summed E-state index contributed by atoms with van der Waals surface area (Å²) in [6.07, 6.45) is -0.354. The molecule has 1 unspecified atom stereocenters. The van der Waals surface area contributed by atoms with Crippen LogP contribution >= 0.6 is 0 Å². The summed E-state index contributed by atoms with van der Waals surface area (Å²) in [7, 11) is 0. The lowest BCUT2D eigenvalue weighted by Crippen LogP contribution is -2.59. The van der Waals surface area contributed by atoms with Crippen LogP contribution in [0.4, 0.5) is 4.79 Å². The predicted molar refractivity (Wildman–Crippen MR) is 63.5 cm³/mol. The van der Waals surface area contributed by atoms with Gasteiger partial charge in [0.05, 0.1) is 0 Å². The Balaban J connectivity index is 2.10. The van der Waals surface area contributed by atoms with Crippen molar-refractivity contribution in [1.29, 1.82) is 0 Å². The maximum absolute atomic E-state index is 11.4. The monoisotopic (exact) mass is 229 g/mol. The molecule has 0 aromatic rings. The van der Waals surface area contributed by atoms with E-state index in [2.05, 4.69) is 22.9 Å². The summed E-state index contributed by atoms with van der Waals surface area (Å²) in [5.41, 5.74) is -0.432. The van der Waals surface area contributed by atoms with Crippen LogP contribution in [0.15, 0.2) is 0 Å². The first-order chi connectivity index (χ1) is 7.37. The second kappa shape index (κ2) is 5.50. The third kappa shape index (κ3) is 5.32. The molecule has 94 valence electrons. The largest absolute Gasteiger partial charge is 0.444 e. The Hall–Kier alpha value is -0.810. The molecule has 1 rings (SSSR count). The van der Waals surface area contributed by atoms with Crippen molar-refractivity contribution in [3.63, 3.8) is 0 Å². The Morgan fingerprint density at radius 1 is 1.50 bits per heavy atom. The number of hydrogen-bond acceptors (Lipinski definition) is 4. The van der Waals surface area contributed by atoms with Crippen LogP contribution < -0.4 is 16.0 Å². The maximum atomic E-state index is 11.4. The zero-order valence-corrected chi connectivity index (χ0v) is 10.6. The summed E-state index contributed by atoms with van der Waals surface area (Å²) >= 11 is 0. The fourth-order valence-electron chi connectivity index (χ4n) is 1.42. The Labute approximate surface area is 97.3 Å². The van der Waals surface area contributed by atoms with Gasteiger partial charge in [-0.1, -0.05) is 0 Å². The number of alkyl carbamates (subject to hydrolysis) is 1. The Kier molecular flexibility index (Phi) is 4.56. The van der Waals surface area contributed by atoms with Gasteiger partial charge in [0.1, 0.15) is 5.60 Å². The predicted octanol–water partition coefficient (Wildman–Crippen LogP) is 0.461. The van der Waals surface area contributed by atoms with Crippen molar-refractivity contribution >= 4 is 6.09 Å². The van der Waals surface area contributed by atoms with Crippen LogP contribution in [-0.2, 0) is 4.74 Å². The van der Waals surface area contributed by atoms with E-state index in [0.717, 1.165) is 13.1 Å². The minimum atomic E-state index is -0.432. The van der Waals surface area contributed by atoms with Gasteiger partial charge in [-0.15, -0.1) is 0 Å². The summed E-state index contributed by atoms with van der Waals surface area (Å²) in [5, 5.41) is 9.34. The average molecular weight is 229 g/mol. The lowest BCUT2D eigenvalue weighted by molar-refractivity contribution is 0.0522. The van der Waals surface area contributed by atoms with Crippen molar-refractivity contribution in [2.45, 2.75) is 45.4 Å². The Morgan fingerprint density at radius 2 is 2.12 bits per heavy atom. The second-order valence-electron chi connectivity index (χ2n) is 5.31. The first-order valence-corrected chi connectivity index (χ1v) is 5.80. The molecule has 1 atom stereocenters. The molecular formula is C11H23N3O2. The molecule has 1 heterocycles. The van der Waals surface area contributed by atoms with Gasteiger partial charge in [-0.2, -0.15) is 0 Å². The molecule has 0 bridgehead atoms. The van der Waals surface area contributed by atoms with Gasteiger partial charge in [0.2, 0.25) is 0 Å². The maximum Gasteiger partial charge on any atom is 0.407 e. The fraction of sp³-hybridized carbons (Fsp3) is 0.909. The van der Waals surface area contributed by atoms with Gasteiger partial charge in [-0.05, 0) is 27.7 Å². The second-order valence-corrected chi connectivity index (χ2v) is 5.31. The van der Waals surface area contributed by atoms with Gasteiger partial charge in [0.15, 0.2) is 0 Å². The van der Waals surface area contributed by atoms with Crippen LogP contribution in [0.25, 0.3) is 0 Å². The van der Waals surface area contributed by atoms with Crippen molar-refractivity contribution in [2.75, 3.05) is 19.6 Å². The quantitative estimate of drug-likeness (QED) is 0.655. The minimum absolute atomic E-state index is 0.264. The number of ether oxygens (including phenoxy) is 1. The zero-order chi connectivity index (χ0) is 12.2. The highest BCUT2D eigenvalue weighted by molar-refractivity contribution is 5.67. The zero-order valence-electron chi connectivity index (χ0n) is 10.6. The van der Waals surface area contributed by atoms with E-state index < -0.39 is 5.60 Å². The molecule has 1 fully saturated rings. The number of nitrogens with one attached hydrogen (secondary N) is 3. The van der Waals surface area contributed by atoms with Crippen molar-refractivity contribution in [3.05, 3.63) is 0 Å². The van der Waals surface area contributed by atoms with Gasteiger partial charge < -0.3 is 20.7 Å². The van der Waals surface area contributed by atoms with Gasteiger partial charge in [0, 0.05) is 31.7 Å². The molecule has 1 amide bonds. The average Bonchev–Trinajstić information content (AvgIpc) is 2.05. The molecule has 1 saturated heterocycles. The molecular weight excluding hydrogens is 206 g/mol. The van der Waals surface area contributed by atoms with Crippen LogP contribution in [0.1, 0.15) is 27.7 Å². The normalized spacial score (nSPS) is 18.8. The number of hydrogen-bond donors (Lipinski definition) is 3. The third-order valence-corrected chi connectivity index (χ3v) is 2.25. The first kappa shape index (κ1) is 13.3. The lowest BCUT2D eigenvalue weighted by Gasteiger charge is -2.31. The van der Waals surface area contributed by atoms with Gasteiger partial charge in [0.25, 0.3) is 0 Å². The fourth-order valence-corrected chi connectivity index (χ4v) is 1.42. The number of amides is 1. The lowest BCUT2D eigenvalue weighted by atomic mass is 10.1. The summed E-state index contributed by atoms with van der Waals surface area (Å²) in [5.74, 6) is 0. The van der Waals surface area contributed by atoms with Crippen LogP contribution in [-0.4, -0.2) is 43.4 Å². The van der Waals surface area contributed by atoms with Crippen molar-refractivity contribution in [1.82, 2.24) is 16.0 Å². The van der Waals surface area contributed by atoms with Crippen molar-refractivity contribution in [2.24, 2.45) is 0 Å². The van der Waals surface area contributed by atoms with E-state index in [1.54, 1.807) is 0 Å². The molecule has 0 spiro atoms. The molecule has 0 aromatic heterocycles. The smallest absolute Gasteiger partial charge is 0.407 e. The molecule has 1 aliphatic rings. The summed E-state index contributed by atoms with van der Waals surface area (Å²) in [4.78, 5) is 11.4. The highest BCUT2D eigenvalue weighted by Crippen LogP contribution is 2.06. The van der Waals surface area contributed by atoms with E-state index in [9.17, 15) is 4.79 Å². The molecule has 0 radical (unpaired) electrons. The first-order valence-electron chi connectivity index (χ1n) is 5.80. The van der Waals surface area contributed by atoms with E-state index >= 15 is 0 Å². The summed E-state index contributed by atoms with van der Waals surface area (Å²) in [6, 6.07) is 0.801. The Morgan fingerprint density at radius 3 is 2.56 bits per heavy atom. The van der Waals surface area contributed by atoms with E-state index in [-0.39, 0.29) is 12.1 Å². The summed E-state index contributed by atoms with van der Waals surface area (Å²) < 4.78 is 5.14. The molecule has 3 N–H and O–H groups in total. The van der Waals surface area contributed by atoms with Crippen molar-refractivity contribution < 1.29 is 9.53 Å². The minimum Gasteiger partial charge on any atom is -0.444 e. The molecule has 5 nitrogen and oxygen atoms in total. The number of carbonyl (C=O) groups excluding carboxylic acids is 1. The van der Waals surface area contributed by atoms with Crippen molar-refractivity contribution in [3.8, 4) is 0 Å². The number of rotatable bonds is 4. The highest BCUT2D eigenvalue weighted by atomic mass is 16.6. The summed E-state index contributed by atoms with van der Waals surface area (Å²) in [6.45, 7) is 10.2.